The van der Waals surface area contributed by atoms with Crippen molar-refractivity contribution in [3.05, 3.63) is 64.6 Å². The van der Waals surface area contributed by atoms with Gasteiger partial charge in [0.05, 0.1) is 6.21 Å². The molecule has 104 valence electrons. The third kappa shape index (κ3) is 2.95. The van der Waals surface area contributed by atoms with Gasteiger partial charge in [-0.05, 0) is 36.8 Å². The van der Waals surface area contributed by atoms with Crippen LogP contribution in [-0.2, 0) is 0 Å². The largest absolute Gasteiger partial charge is 0.253 e. The number of H-pyrrole nitrogens is 1. The van der Waals surface area contributed by atoms with Crippen LogP contribution in [0.2, 0.25) is 0 Å². The van der Waals surface area contributed by atoms with E-state index in [0.717, 1.165) is 5.56 Å². The summed E-state index contributed by atoms with van der Waals surface area (Å²) in [5.41, 5.74) is 2.90. The molecule has 0 aliphatic rings. The summed E-state index contributed by atoms with van der Waals surface area (Å²) in [4.78, 5) is 4.27. The molecule has 0 atom stereocenters. The molecule has 0 fully saturated rings. The fourth-order valence-corrected chi connectivity index (χ4v) is 2.11. The van der Waals surface area contributed by atoms with E-state index in [1.54, 1.807) is 17.1 Å². The van der Waals surface area contributed by atoms with E-state index in [1.807, 2.05) is 49.4 Å². The van der Waals surface area contributed by atoms with Crippen LogP contribution in [-0.4, -0.2) is 26.1 Å². The van der Waals surface area contributed by atoms with Gasteiger partial charge in [0, 0.05) is 6.20 Å². The summed E-state index contributed by atoms with van der Waals surface area (Å²) in [6.45, 7) is 2.04. The minimum Gasteiger partial charge on any atom is -0.253 e. The highest BCUT2D eigenvalue weighted by molar-refractivity contribution is 7.71. The van der Waals surface area contributed by atoms with Crippen molar-refractivity contribution in [1.29, 1.82) is 0 Å². The third-order valence-corrected chi connectivity index (χ3v) is 3.17. The fourth-order valence-electron chi connectivity index (χ4n) is 1.93. The van der Waals surface area contributed by atoms with E-state index in [2.05, 4.69) is 20.3 Å². The van der Waals surface area contributed by atoms with Crippen LogP contribution in [0.25, 0.3) is 11.5 Å². The number of aromatic amines is 1. The molecule has 0 bridgehead atoms. The summed E-state index contributed by atoms with van der Waals surface area (Å²) in [6, 6.07) is 13.7. The molecule has 0 radical (unpaired) electrons. The number of nitrogens with zero attached hydrogens (tertiary/aromatic N) is 4. The number of nitrogens with one attached hydrogen (secondary N) is 1. The zero-order valence-corrected chi connectivity index (χ0v) is 12.2. The van der Waals surface area contributed by atoms with E-state index in [1.165, 1.54) is 5.56 Å². The summed E-state index contributed by atoms with van der Waals surface area (Å²) in [5, 5.41) is 11.3. The lowest BCUT2D eigenvalue weighted by atomic mass is 10.2. The van der Waals surface area contributed by atoms with Gasteiger partial charge in [-0.1, -0.05) is 35.9 Å². The Labute approximate surface area is 127 Å². The first kappa shape index (κ1) is 13.4. The van der Waals surface area contributed by atoms with E-state index in [9.17, 15) is 0 Å². The van der Waals surface area contributed by atoms with Crippen LogP contribution in [0.4, 0.5) is 0 Å². The zero-order chi connectivity index (χ0) is 14.7. The van der Waals surface area contributed by atoms with Crippen molar-refractivity contribution < 1.29 is 0 Å². The molecule has 1 N–H and O–H groups in total. The maximum Gasteiger partial charge on any atom is 0.216 e. The molecule has 3 aromatic rings. The first-order valence-electron chi connectivity index (χ1n) is 6.44. The SMILES string of the molecule is Cc1cccc(C=Nn2c(-c3ccccn3)n[nH]c2=S)c1. The van der Waals surface area contributed by atoms with Crippen LogP contribution >= 0.6 is 12.2 Å². The normalized spacial score (nSPS) is 11.1. The number of aromatic nitrogens is 4. The second-order valence-electron chi connectivity index (χ2n) is 4.54. The average molecular weight is 295 g/mol. The zero-order valence-electron chi connectivity index (χ0n) is 11.4. The Morgan fingerprint density at radius 3 is 2.90 bits per heavy atom. The predicted molar refractivity (Wildman–Crippen MR) is 84.8 cm³/mol. The Balaban J connectivity index is 2.00. The second-order valence-corrected chi connectivity index (χ2v) is 4.92. The van der Waals surface area contributed by atoms with E-state index in [-0.39, 0.29) is 0 Å². The number of pyridine rings is 1. The smallest absolute Gasteiger partial charge is 0.216 e. The number of hydrogen-bond donors (Lipinski definition) is 1. The van der Waals surface area contributed by atoms with Crippen LogP contribution in [0.1, 0.15) is 11.1 Å². The Kier molecular flexibility index (Phi) is 3.70. The average Bonchev–Trinajstić information content (AvgIpc) is 2.87. The predicted octanol–water partition coefficient (Wildman–Crippen LogP) is 3.19. The standard InChI is InChI=1S/C15H13N5S/c1-11-5-4-6-12(9-11)10-17-20-14(18-19-15(20)21)13-7-2-3-8-16-13/h2-10H,1H3,(H,19,21). The highest BCUT2D eigenvalue weighted by Gasteiger charge is 2.08. The molecule has 1 aromatic carbocycles. The minimum atomic E-state index is 0.430. The lowest BCUT2D eigenvalue weighted by Gasteiger charge is -2.00. The second kappa shape index (κ2) is 5.80. The quantitative estimate of drug-likeness (QED) is 0.596. The summed E-state index contributed by atoms with van der Waals surface area (Å²) in [7, 11) is 0. The topological polar surface area (TPSA) is 58.9 Å². The molecule has 0 aliphatic carbocycles. The van der Waals surface area contributed by atoms with Gasteiger partial charge in [0.2, 0.25) is 10.6 Å². The molecule has 3 rings (SSSR count). The van der Waals surface area contributed by atoms with Gasteiger partial charge >= 0.3 is 0 Å². The Bertz CT molecular complexity index is 833. The molecule has 5 nitrogen and oxygen atoms in total. The number of rotatable bonds is 3. The first-order chi connectivity index (χ1) is 10.2. The molecule has 0 aliphatic heterocycles. The monoisotopic (exact) mass is 295 g/mol. The van der Waals surface area contributed by atoms with Crippen LogP contribution < -0.4 is 0 Å². The fraction of sp³-hybridized carbons (Fsp3) is 0.0667. The Morgan fingerprint density at radius 1 is 1.24 bits per heavy atom. The van der Waals surface area contributed by atoms with Gasteiger partial charge in [0.1, 0.15) is 5.69 Å². The number of benzene rings is 1. The van der Waals surface area contributed by atoms with Gasteiger partial charge in [-0.25, -0.2) is 5.10 Å². The molecule has 0 amide bonds. The molecule has 2 aromatic heterocycles. The highest BCUT2D eigenvalue weighted by atomic mass is 32.1. The molecular weight excluding hydrogens is 282 g/mol. The Morgan fingerprint density at radius 2 is 2.14 bits per heavy atom. The van der Waals surface area contributed by atoms with Crippen molar-refractivity contribution >= 4 is 18.4 Å². The van der Waals surface area contributed by atoms with Crippen LogP contribution in [0.3, 0.4) is 0 Å². The van der Waals surface area contributed by atoms with Crippen molar-refractivity contribution in [2.75, 3.05) is 0 Å². The first-order valence-corrected chi connectivity index (χ1v) is 6.85. The summed E-state index contributed by atoms with van der Waals surface area (Å²) >= 11 is 5.22. The van der Waals surface area contributed by atoms with Crippen LogP contribution in [0.5, 0.6) is 0 Å². The molecule has 6 heteroatoms. The molecule has 0 saturated heterocycles. The van der Waals surface area contributed by atoms with Gasteiger partial charge in [0.25, 0.3) is 0 Å². The number of hydrogen-bond acceptors (Lipinski definition) is 4. The minimum absolute atomic E-state index is 0.430. The highest BCUT2D eigenvalue weighted by Crippen LogP contribution is 2.13. The summed E-state index contributed by atoms with van der Waals surface area (Å²) in [6.07, 6.45) is 3.46. The van der Waals surface area contributed by atoms with E-state index < -0.39 is 0 Å². The molecule has 2 heterocycles. The number of aryl methyl sites for hydroxylation is 1. The molecular formula is C15H13N5S. The van der Waals surface area contributed by atoms with E-state index in [0.29, 0.717) is 16.3 Å². The van der Waals surface area contributed by atoms with Crippen molar-refractivity contribution in [3.63, 3.8) is 0 Å². The van der Waals surface area contributed by atoms with Gasteiger partial charge in [-0.3, -0.25) is 4.98 Å². The Hall–Kier alpha value is -2.60. The summed E-state index contributed by atoms with van der Waals surface area (Å²) < 4.78 is 2.00. The molecule has 0 unspecified atom stereocenters. The van der Waals surface area contributed by atoms with Crippen molar-refractivity contribution in [2.45, 2.75) is 6.92 Å². The maximum atomic E-state index is 5.22. The molecule has 0 saturated carbocycles. The van der Waals surface area contributed by atoms with Gasteiger partial charge < -0.3 is 0 Å². The molecule has 21 heavy (non-hydrogen) atoms. The van der Waals surface area contributed by atoms with Gasteiger partial charge in [-0.2, -0.15) is 14.9 Å². The maximum absolute atomic E-state index is 5.22. The van der Waals surface area contributed by atoms with Crippen molar-refractivity contribution in [1.82, 2.24) is 19.9 Å². The summed E-state index contributed by atoms with van der Waals surface area (Å²) in [5.74, 6) is 0.588. The van der Waals surface area contributed by atoms with E-state index in [4.69, 9.17) is 12.2 Å². The lowest BCUT2D eigenvalue weighted by Crippen LogP contribution is -1.96. The van der Waals surface area contributed by atoms with E-state index >= 15 is 0 Å². The van der Waals surface area contributed by atoms with Crippen LogP contribution in [0.15, 0.2) is 53.8 Å². The van der Waals surface area contributed by atoms with Crippen molar-refractivity contribution in [2.24, 2.45) is 5.10 Å². The van der Waals surface area contributed by atoms with Crippen molar-refractivity contribution in [3.8, 4) is 11.5 Å². The lowest BCUT2D eigenvalue weighted by molar-refractivity contribution is 0.867. The van der Waals surface area contributed by atoms with Gasteiger partial charge in [0.15, 0.2) is 0 Å². The van der Waals surface area contributed by atoms with Crippen LogP contribution in [0, 0.1) is 11.7 Å². The third-order valence-electron chi connectivity index (χ3n) is 2.91. The molecule has 0 spiro atoms. The van der Waals surface area contributed by atoms with Gasteiger partial charge in [-0.15, -0.1) is 0 Å².